The molecule has 0 atom stereocenters. The number of hydrogen-bond acceptors (Lipinski definition) is 5. The lowest BCUT2D eigenvalue weighted by Gasteiger charge is -2.19. The van der Waals surface area contributed by atoms with Gasteiger partial charge in [-0.15, -0.1) is 11.8 Å². The molecular formula is C18H24N2O2S. The second-order valence-corrected chi connectivity index (χ2v) is 6.47. The van der Waals surface area contributed by atoms with E-state index in [1.807, 2.05) is 13.0 Å². The number of likely N-dealkylation sites (tertiary alicyclic amines) is 1. The topological polar surface area (TPSA) is 41.9 Å². The summed E-state index contributed by atoms with van der Waals surface area (Å²) in [4.78, 5) is 19.6. The largest absolute Gasteiger partial charge is 0.494 e. The Labute approximate surface area is 142 Å². The van der Waals surface area contributed by atoms with Gasteiger partial charge in [0, 0.05) is 17.0 Å². The summed E-state index contributed by atoms with van der Waals surface area (Å²) in [5, 5.41) is 0. The van der Waals surface area contributed by atoms with E-state index >= 15 is 0 Å². The molecule has 0 unspecified atom stereocenters. The van der Waals surface area contributed by atoms with Crippen molar-refractivity contribution in [1.29, 1.82) is 0 Å². The summed E-state index contributed by atoms with van der Waals surface area (Å²) in [6.07, 6.45) is 8.53. The Bertz CT molecular complexity index is 570. The van der Waals surface area contributed by atoms with E-state index in [-0.39, 0.29) is 5.78 Å². The van der Waals surface area contributed by atoms with Gasteiger partial charge in [0.05, 0.1) is 12.2 Å². The number of carbonyl (C=O) groups excluding carboxylic acids is 1. The van der Waals surface area contributed by atoms with Crippen LogP contribution in [0.2, 0.25) is 0 Å². The molecule has 0 amide bonds. The van der Waals surface area contributed by atoms with Gasteiger partial charge in [-0.2, -0.15) is 0 Å². The molecule has 0 radical (unpaired) electrons. The maximum atomic E-state index is 12.3. The van der Waals surface area contributed by atoms with E-state index in [1.165, 1.54) is 12.8 Å². The van der Waals surface area contributed by atoms with Crippen molar-refractivity contribution in [2.24, 2.45) is 4.99 Å². The number of nitrogens with zero attached hydrogens (tertiary/aromatic N) is 2. The highest BCUT2D eigenvalue weighted by molar-refractivity contribution is 8.03. The van der Waals surface area contributed by atoms with Gasteiger partial charge in [-0.25, -0.2) is 0 Å². The number of hydrogen-bond donors (Lipinski definition) is 0. The number of carbonyl (C=O) groups is 1. The zero-order valence-electron chi connectivity index (χ0n) is 13.7. The number of ketones is 1. The third-order valence-corrected chi connectivity index (χ3v) is 5.02. The molecule has 0 spiro atoms. The number of allylic oxidation sites excluding steroid dienone is 4. The minimum Gasteiger partial charge on any atom is -0.494 e. The van der Waals surface area contributed by atoms with Crippen LogP contribution in [0.15, 0.2) is 51.7 Å². The Morgan fingerprint density at radius 3 is 2.83 bits per heavy atom. The van der Waals surface area contributed by atoms with Crippen LogP contribution in [0.1, 0.15) is 26.2 Å². The smallest absolute Gasteiger partial charge is 0.189 e. The first-order valence-electron chi connectivity index (χ1n) is 7.94. The molecule has 0 saturated carbocycles. The maximum absolute atomic E-state index is 12.3. The maximum Gasteiger partial charge on any atom is 0.189 e. The normalized spacial score (nSPS) is 19.3. The van der Waals surface area contributed by atoms with E-state index < -0.39 is 0 Å². The molecule has 1 saturated heterocycles. The van der Waals surface area contributed by atoms with Gasteiger partial charge in [-0.05, 0) is 57.6 Å². The summed E-state index contributed by atoms with van der Waals surface area (Å²) in [6, 6.07) is 0. The van der Waals surface area contributed by atoms with Gasteiger partial charge in [-0.1, -0.05) is 12.7 Å². The third-order valence-electron chi connectivity index (χ3n) is 3.84. The lowest BCUT2D eigenvalue weighted by molar-refractivity contribution is -0.111. The predicted octanol–water partition coefficient (Wildman–Crippen LogP) is 3.69. The van der Waals surface area contributed by atoms with Crippen LogP contribution in [0.4, 0.5) is 0 Å². The highest BCUT2D eigenvalue weighted by Crippen LogP contribution is 2.32. The van der Waals surface area contributed by atoms with E-state index in [9.17, 15) is 4.79 Å². The molecule has 4 nitrogen and oxygen atoms in total. The van der Waals surface area contributed by atoms with Crippen molar-refractivity contribution in [2.75, 3.05) is 25.6 Å². The first kappa shape index (κ1) is 17.8. The third kappa shape index (κ3) is 4.94. The van der Waals surface area contributed by atoms with Crippen LogP contribution < -0.4 is 0 Å². The van der Waals surface area contributed by atoms with Crippen molar-refractivity contribution >= 4 is 24.3 Å². The standard InChI is InChI=1S/C18H24N2O2S/c1-4-22-14(2)16-8-7-15(11-17(16)21)18(12-19-3)23-13-20-9-5-6-10-20/h8,11-12H,2-7,9-10,13H2,1H3/b18-12-. The van der Waals surface area contributed by atoms with Crippen LogP contribution >= 0.6 is 11.8 Å². The van der Waals surface area contributed by atoms with Gasteiger partial charge in [0.25, 0.3) is 0 Å². The molecular weight excluding hydrogens is 308 g/mol. The quantitative estimate of drug-likeness (QED) is 0.502. The Balaban J connectivity index is 2.02. The summed E-state index contributed by atoms with van der Waals surface area (Å²) in [5.74, 6) is 1.32. The van der Waals surface area contributed by atoms with Gasteiger partial charge in [0.1, 0.15) is 5.76 Å². The van der Waals surface area contributed by atoms with Gasteiger partial charge < -0.3 is 4.74 Å². The summed E-state index contributed by atoms with van der Waals surface area (Å²) < 4.78 is 5.34. The molecule has 5 heteroatoms. The second kappa shape index (κ2) is 8.89. The molecule has 124 valence electrons. The molecule has 0 bridgehead atoms. The Hall–Kier alpha value is -1.59. The average molecular weight is 332 g/mol. The molecule has 1 fully saturated rings. The molecule has 0 aromatic heterocycles. The SMILES string of the molecule is C=N/C=C(\SCN1CCCC1)C1=CC(=O)C(C(=C)OCC)=CC1. The molecule has 1 aliphatic heterocycles. The molecule has 2 rings (SSSR count). The van der Waals surface area contributed by atoms with Gasteiger partial charge in [0.2, 0.25) is 0 Å². The van der Waals surface area contributed by atoms with Crippen molar-refractivity contribution < 1.29 is 9.53 Å². The molecule has 0 N–H and O–H groups in total. The minimum atomic E-state index is -0.0542. The van der Waals surface area contributed by atoms with E-state index in [0.29, 0.717) is 24.4 Å². The van der Waals surface area contributed by atoms with Crippen molar-refractivity contribution in [3.8, 4) is 0 Å². The van der Waals surface area contributed by atoms with E-state index in [4.69, 9.17) is 4.74 Å². The molecule has 0 aromatic carbocycles. The van der Waals surface area contributed by atoms with Crippen LogP contribution in [-0.2, 0) is 9.53 Å². The number of thioether (sulfide) groups is 1. The van der Waals surface area contributed by atoms with Crippen molar-refractivity contribution in [2.45, 2.75) is 26.2 Å². The summed E-state index contributed by atoms with van der Waals surface area (Å²) in [7, 11) is 0. The molecule has 0 aromatic rings. The fourth-order valence-electron chi connectivity index (χ4n) is 2.65. The molecule has 1 heterocycles. The zero-order valence-corrected chi connectivity index (χ0v) is 14.5. The minimum absolute atomic E-state index is 0.0542. The van der Waals surface area contributed by atoms with Gasteiger partial charge in [0.15, 0.2) is 5.78 Å². The Kier molecular flexibility index (Phi) is 6.86. The Morgan fingerprint density at radius 1 is 1.48 bits per heavy atom. The van der Waals surface area contributed by atoms with Gasteiger partial charge in [-0.3, -0.25) is 14.7 Å². The second-order valence-electron chi connectivity index (χ2n) is 5.49. The number of ether oxygens (including phenoxy) is 1. The Morgan fingerprint density at radius 2 is 2.22 bits per heavy atom. The lowest BCUT2D eigenvalue weighted by Crippen LogP contribution is -2.18. The highest BCUT2D eigenvalue weighted by Gasteiger charge is 2.20. The van der Waals surface area contributed by atoms with E-state index in [0.717, 1.165) is 29.4 Å². The average Bonchev–Trinajstić information content (AvgIpc) is 3.05. The fourth-order valence-corrected chi connectivity index (χ4v) is 3.71. The monoisotopic (exact) mass is 332 g/mol. The number of rotatable bonds is 8. The molecule has 2 aliphatic rings. The van der Waals surface area contributed by atoms with E-state index in [1.54, 1.807) is 24.0 Å². The fraction of sp³-hybridized carbons (Fsp3) is 0.444. The van der Waals surface area contributed by atoms with Crippen LogP contribution in [0, 0.1) is 0 Å². The van der Waals surface area contributed by atoms with Gasteiger partial charge >= 0.3 is 0 Å². The van der Waals surface area contributed by atoms with Crippen LogP contribution in [0.5, 0.6) is 0 Å². The van der Waals surface area contributed by atoms with Crippen molar-refractivity contribution in [3.05, 3.63) is 46.7 Å². The summed E-state index contributed by atoms with van der Waals surface area (Å²) in [5.41, 5.74) is 1.55. The van der Waals surface area contributed by atoms with Crippen LogP contribution in [0.25, 0.3) is 0 Å². The van der Waals surface area contributed by atoms with Crippen molar-refractivity contribution in [3.63, 3.8) is 0 Å². The number of aliphatic imine (C=N–C) groups is 1. The highest BCUT2D eigenvalue weighted by atomic mass is 32.2. The summed E-state index contributed by atoms with van der Waals surface area (Å²) in [6.45, 7) is 12.1. The first-order chi connectivity index (χ1) is 11.2. The van der Waals surface area contributed by atoms with E-state index in [2.05, 4.69) is 23.2 Å². The van der Waals surface area contributed by atoms with Crippen LogP contribution in [-0.4, -0.2) is 43.0 Å². The molecule has 1 aliphatic carbocycles. The molecule has 23 heavy (non-hydrogen) atoms. The predicted molar refractivity (Wildman–Crippen MR) is 97.5 cm³/mol. The van der Waals surface area contributed by atoms with Crippen molar-refractivity contribution in [1.82, 2.24) is 4.90 Å². The first-order valence-corrected chi connectivity index (χ1v) is 8.93. The lowest BCUT2D eigenvalue weighted by atomic mass is 9.97. The van der Waals surface area contributed by atoms with Crippen LogP contribution in [0.3, 0.4) is 0 Å². The zero-order chi connectivity index (χ0) is 16.7. The summed E-state index contributed by atoms with van der Waals surface area (Å²) >= 11 is 1.72.